The van der Waals surface area contributed by atoms with Crippen LogP contribution in [0.15, 0.2) is 22.8 Å². The second kappa shape index (κ2) is 6.45. The van der Waals surface area contributed by atoms with E-state index in [9.17, 15) is 14.7 Å². The van der Waals surface area contributed by atoms with Gasteiger partial charge in [-0.15, -0.1) is 0 Å². The highest BCUT2D eigenvalue weighted by molar-refractivity contribution is 5.86. The second-order valence-corrected chi connectivity index (χ2v) is 5.19. The van der Waals surface area contributed by atoms with Crippen molar-refractivity contribution in [1.82, 2.24) is 10.6 Å². The fourth-order valence-corrected chi connectivity index (χ4v) is 2.57. The topological polar surface area (TPSA) is 91.6 Å². The quantitative estimate of drug-likeness (QED) is 0.738. The maximum atomic E-state index is 11.9. The molecule has 0 bridgehead atoms. The van der Waals surface area contributed by atoms with Crippen LogP contribution in [0.2, 0.25) is 0 Å². The van der Waals surface area contributed by atoms with E-state index in [2.05, 4.69) is 10.6 Å². The van der Waals surface area contributed by atoms with Crippen molar-refractivity contribution in [1.29, 1.82) is 0 Å². The van der Waals surface area contributed by atoms with Crippen LogP contribution in [0.3, 0.4) is 0 Å². The number of amides is 2. The van der Waals surface area contributed by atoms with Gasteiger partial charge < -0.3 is 20.2 Å². The molecule has 1 fully saturated rings. The molecule has 1 saturated carbocycles. The van der Waals surface area contributed by atoms with E-state index in [-0.39, 0.29) is 6.54 Å². The molecule has 1 aromatic rings. The number of hydrogen-bond donors (Lipinski definition) is 3. The van der Waals surface area contributed by atoms with Crippen molar-refractivity contribution in [3.63, 3.8) is 0 Å². The van der Waals surface area contributed by atoms with Crippen LogP contribution in [0.4, 0.5) is 4.79 Å². The van der Waals surface area contributed by atoms with Crippen LogP contribution in [-0.4, -0.2) is 22.6 Å². The lowest BCUT2D eigenvalue weighted by Crippen LogP contribution is -2.56. The van der Waals surface area contributed by atoms with Crippen molar-refractivity contribution < 1.29 is 19.1 Å². The van der Waals surface area contributed by atoms with Gasteiger partial charge in [-0.2, -0.15) is 0 Å². The maximum Gasteiger partial charge on any atom is 0.329 e. The fourth-order valence-electron chi connectivity index (χ4n) is 2.57. The molecule has 2 amide bonds. The van der Waals surface area contributed by atoms with Crippen molar-refractivity contribution in [3.8, 4) is 0 Å². The summed E-state index contributed by atoms with van der Waals surface area (Å²) in [6.45, 7) is 0.245. The molecule has 0 aromatic carbocycles. The number of carboxylic acid groups (broad SMARTS) is 1. The molecule has 0 spiro atoms. The van der Waals surface area contributed by atoms with E-state index in [0.29, 0.717) is 18.6 Å². The van der Waals surface area contributed by atoms with Crippen molar-refractivity contribution in [2.24, 2.45) is 0 Å². The summed E-state index contributed by atoms with van der Waals surface area (Å²) in [5.41, 5.74) is -1.14. The Labute approximate surface area is 117 Å². The summed E-state index contributed by atoms with van der Waals surface area (Å²) in [5, 5.41) is 14.7. The Kier molecular flexibility index (Phi) is 4.65. The molecule has 0 atom stereocenters. The summed E-state index contributed by atoms with van der Waals surface area (Å²) in [6.07, 6.45) is 6.18. The van der Waals surface area contributed by atoms with Gasteiger partial charge in [0.05, 0.1) is 12.8 Å². The summed E-state index contributed by atoms with van der Waals surface area (Å²) in [6, 6.07) is 3.02. The standard InChI is InChI=1S/C14H20N2O4/c17-12(18)14(7-3-1-2-4-8-14)16-13(19)15-10-11-6-5-9-20-11/h5-6,9H,1-4,7-8,10H2,(H,17,18)(H2,15,16,19). The van der Waals surface area contributed by atoms with Crippen molar-refractivity contribution in [2.45, 2.75) is 50.6 Å². The van der Waals surface area contributed by atoms with Crippen LogP contribution < -0.4 is 10.6 Å². The highest BCUT2D eigenvalue weighted by Crippen LogP contribution is 2.27. The molecule has 20 heavy (non-hydrogen) atoms. The van der Waals surface area contributed by atoms with Crippen LogP contribution >= 0.6 is 0 Å². The Bertz CT molecular complexity index is 448. The van der Waals surface area contributed by atoms with Crippen LogP contribution in [0.25, 0.3) is 0 Å². The lowest BCUT2D eigenvalue weighted by Gasteiger charge is -2.29. The fraction of sp³-hybridized carbons (Fsp3) is 0.571. The molecule has 1 heterocycles. The Hall–Kier alpha value is -1.98. The van der Waals surface area contributed by atoms with Gasteiger partial charge in [0, 0.05) is 0 Å². The Balaban J connectivity index is 1.93. The van der Waals surface area contributed by atoms with E-state index < -0.39 is 17.5 Å². The number of urea groups is 1. The van der Waals surface area contributed by atoms with Gasteiger partial charge in [0.15, 0.2) is 0 Å². The summed E-state index contributed by atoms with van der Waals surface area (Å²) >= 11 is 0. The minimum atomic E-state index is -1.14. The molecule has 3 N–H and O–H groups in total. The predicted octanol–water partition coefficient (Wildman–Crippen LogP) is 2.26. The average molecular weight is 280 g/mol. The maximum absolute atomic E-state index is 11.9. The third-order valence-electron chi connectivity index (χ3n) is 3.72. The van der Waals surface area contributed by atoms with Crippen molar-refractivity contribution in [3.05, 3.63) is 24.2 Å². The molecular formula is C14H20N2O4. The largest absolute Gasteiger partial charge is 0.480 e. The van der Waals surface area contributed by atoms with Crippen LogP contribution in [-0.2, 0) is 11.3 Å². The molecule has 6 nitrogen and oxygen atoms in total. The number of furan rings is 1. The summed E-state index contributed by atoms with van der Waals surface area (Å²) in [7, 11) is 0. The zero-order valence-corrected chi connectivity index (χ0v) is 11.4. The van der Waals surface area contributed by atoms with E-state index in [1.54, 1.807) is 12.1 Å². The monoisotopic (exact) mass is 280 g/mol. The number of carbonyl (C=O) groups excluding carboxylic acids is 1. The molecule has 110 valence electrons. The lowest BCUT2D eigenvalue weighted by atomic mass is 9.90. The van der Waals surface area contributed by atoms with Crippen LogP contribution in [0, 0.1) is 0 Å². The SMILES string of the molecule is O=C(NCc1ccco1)NC1(C(=O)O)CCCCCC1. The third-order valence-corrected chi connectivity index (χ3v) is 3.72. The van der Waals surface area contributed by atoms with Crippen molar-refractivity contribution >= 4 is 12.0 Å². The van der Waals surface area contributed by atoms with Gasteiger partial charge >= 0.3 is 12.0 Å². The Morgan fingerprint density at radius 1 is 1.25 bits per heavy atom. The zero-order chi connectivity index (χ0) is 14.4. The van der Waals surface area contributed by atoms with Gasteiger partial charge in [0.2, 0.25) is 0 Å². The number of carboxylic acids is 1. The first-order valence-electron chi connectivity index (χ1n) is 6.94. The number of rotatable bonds is 4. The molecule has 6 heteroatoms. The molecule has 0 radical (unpaired) electrons. The summed E-state index contributed by atoms with van der Waals surface area (Å²) < 4.78 is 5.11. The first kappa shape index (κ1) is 14.4. The first-order chi connectivity index (χ1) is 9.62. The van der Waals surface area contributed by atoms with Crippen LogP contribution in [0.5, 0.6) is 0 Å². The molecule has 0 unspecified atom stereocenters. The van der Waals surface area contributed by atoms with Gasteiger partial charge in [0.25, 0.3) is 0 Å². The number of nitrogens with one attached hydrogen (secondary N) is 2. The smallest absolute Gasteiger partial charge is 0.329 e. The zero-order valence-electron chi connectivity index (χ0n) is 11.4. The van der Waals surface area contributed by atoms with Gasteiger partial charge in [-0.25, -0.2) is 9.59 Å². The minimum absolute atomic E-state index is 0.245. The second-order valence-electron chi connectivity index (χ2n) is 5.19. The number of aliphatic carboxylic acids is 1. The van der Waals surface area contributed by atoms with E-state index >= 15 is 0 Å². The molecule has 1 aromatic heterocycles. The lowest BCUT2D eigenvalue weighted by molar-refractivity contribution is -0.145. The van der Waals surface area contributed by atoms with E-state index in [1.165, 1.54) is 6.26 Å². The molecule has 1 aliphatic rings. The Morgan fingerprint density at radius 2 is 1.95 bits per heavy atom. The average Bonchev–Trinajstić information content (AvgIpc) is 2.82. The first-order valence-corrected chi connectivity index (χ1v) is 6.94. The van der Waals surface area contributed by atoms with Crippen molar-refractivity contribution in [2.75, 3.05) is 0 Å². The van der Waals surface area contributed by atoms with E-state index in [4.69, 9.17) is 4.42 Å². The Morgan fingerprint density at radius 3 is 2.50 bits per heavy atom. The van der Waals surface area contributed by atoms with Gasteiger partial charge in [-0.05, 0) is 25.0 Å². The third kappa shape index (κ3) is 3.53. The van der Waals surface area contributed by atoms with E-state index in [0.717, 1.165) is 25.7 Å². The highest BCUT2D eigenvalue weighted by Gasteiger charge is 2.40. The van der Waals surface area contributed by atoms with Gasteiger partial charge in [0.1, 0.15) is 11.3 Å². The number of carbonyl (C=O) groups is 2. The summed E-state index contributed by atoms with van der Waals surface area (Å²) in [5.74, 6) is -0.321. The molecule has 0 saturated heterocycles. The number of hydrogen-bond acceptors (Lipinski definition) is 3. The summed E-state index contributed by atoms with van der Waals surface area (Å²) in [4.78, 5) is 23.4. The minimum Gasteiger partial charge on any atom is -0.480 e. The normalized spacial score (nSPS) is 18.0. The molecular weight excluding hydrogens is 260 g/mol. The van der Waals surface area contributed by atoms with Gasteiger partial charge in [-0.1, -0.05) is 25.7 Å². The van der Waals surface area contributed by atoms with Gasteiger partial charge in [-0.3, -0.25) is 0 Å². The molecule has 0 aliphatic heterocycles. The van der Waals surface area contributed by atoms with E-state index in [1.807, 2.05) is 0 Å². The molecule has 2 rings (SSSR count). The molecule has 1 aliphatic carbocycles. The predicted molar refractivity (Wildman–Crippen MR) is 72.1 cm³/mol. The highest BCUT2D eigenvalue weighted by atomic mass is 16.4. The van der Waals surface area contributed by atoms with Crippen LogP contribution in [0.1, 0.15) is 44.3 Å².